The van der Waals surface area contributed by atoms with Crippen LogP contribution in [0, 0.1) is 0 Å². The molecule has 0 radical (unpaired) electrons. The molecule has 20 heavy (non-hydrogen) atoms. The molecule has 1 heterocycles. The summed E-state index contributed by atoms with van der Waals surface area (Å²) in [6.45, 7) is 0. The first-order valence-electron chi connectivity index (χ1n) is 6.11. The van der Waals surface area contributed by atoms with Crippen LogP contribution in [-0.2, 0) is 0 Å². The number of nitrogen functional groups attached to an aromatic ring is 1. The smallest absolute Gasteiger partial charge is 0.340 e. The third-order valence-corrected chi connectivity index (χ3v) is 3.40. The average Bonchev–Trinajstić information content (AvgIpc) is 2.48. The van der Waals surface area contributed by atoms with Crippen molar-refractivity contribution in [3.05, 3.63) is 53.8 Å². The Morgan fingerprint density at radius 1 is 1.10 bits per heavy atom. The van der Waals surface area contributed by atoms with Crippen LogP contribution in [0.5, 0.6) is 5.75 Å². The van der Waals surface area contributed by atoms with E-state index in [-0.39, 0.29) is 0 Å². The number of methoxy groups -OCH3 is 1. The minimum atomic E-state index is 0.325. The topological polar surface area (TPSA) is 52.0 Å². The van der Waals surface area contributed by atoms with Crippen molar-refractivity contribution in [1.82, 2.24) is 4.98 Å². The molecule has 0 aliphatic heterocycles. The van der Waals surface area contributed by atoms with Crippen LogP contribution in [0.2, 0.25) is 5.28 Å². The second-order valence-electron chi connectivity index (χ2n) is 4.32. The first kappa shape index (κ1) is 12.7. The van der Waals surface area contributed by atoms with Crippen molar-refractivity contribution >= 4 is 28.3 Å². The molecule has 0 aliphatic carbocycles. The molecular formula is C15H13ClN3O+. The summed E-state index contributed by atoms with van der Waals surface area (Å²) in [5.74, 6) is 1.34. The Labute approximate surface area is 121 Å². The minimum absolute atomic E-state index is 0.325. The maximum atomic E-state index is 6.26. The third kappa shape index (κ3) is 2.04. The van der Waals surface area contributed by atoms with Gasteiger partial charge in [0, 0.05) is 0 Å². The highest BCUT2D eigenvalue weighted by molar-refractivity contribution is 6.27. The number of aromatic nitrogens is 2. The van der Waals surface area contributed by atoms with Gasteiger partial charge in [0.25, 0.3) is 0 Å². The fourth-order valence-corrected chi connectivity index (χ4v) is 2.41. The van der Waals surface area contributed by atoms with Crippen LogP contribution < -0.4 is 15.0 Å². The van der Waals surface area contributed by atoms with Gasteiger partial charge in [-0.1, -0.05) is 17.1 Å². The number of benzene rings is 2. The summed E-state index contributed by atoms with van der Waals surface area (Å²) in [5.41, 5.74) is 7.85. The zero-order valence-corrected chi connectivity index (χ0v) is 11.6. The van der Waals surface area contributed by atoms with Crippen LogP contribution in [0.4, 0.5) is 5.82 Å². The molecule has 0 spiro atoms. The summed E-state index contributed by atoms with van der Waals surface area (Å²) in [6, 6.07) is 15.1. The Morgan fingerprint density at radius 3 is 2.50 bits per heavy atom. The highest BCUT2D eigenvalue weighted by Gasteiger charge is 2.18. The Hall–Kier alpha value is -2.33. The lowest BCUT2D eigenvalue weighted by atomic mass is 10.2. The van der Waals surface area contributed by atoms with Crippen LogP contribution in [-0.4, -0.2) is 12.1 Å². The lowest BCUT2D eigenvalue weighted by molar-refractivity contribution is -0.579. The van der Waals surface area contributed by atoms with Gasteiger partial charge >= 0.3 is 5.28 Å². The summed E-state index contributed by atoms with van der Waals surface area (Å²) in [5, 5.41) is 1.19. The minimum Gasteiger partial charge on any atom is -0.497 e. The molecule has 0 saturated carbocycles. The highest BCUT2D eigenvalue weighted by atomic mass is 35.5. The van der Waals surface area contributed by atoms with E-state index in [1.807, 2.05) is 48.5 Å². The molecule has 0 unspecified atom stereocenters. The van der Waals surface area contributed by atoms with E-state index in [1.165, 1.54) is 0 Å². The van der Waals surface area contributed by atoms with Crippen LogP contribution in [0.15, 0.2) is 48.5 Å². The van der Waals surface area contributed by atoms with Gasteiger partial charge in [-0.2, -0.15) is 4.57 Å². The number of para-hydroxylation sites is 1. The number of hydrogen-bond donors (Lipinski definition) is 1. The third-order valence-electron chi connectivity index (χ3n) is 3.15. The molecule has 3 rings (SSSR count). The van der Waals surface area contributed by atoms with Gasteiger partial charge in [-0.3, -0.25) is 0 Å². The van der Waals surface area contributed by atoms with E-state index in [2.05, 4.69) is 4.98 Å². The van der Waals surface area contributed by atoms with E-state index in [4.69, 9.17) is 22.1 Å². The van der Waals surface area contributed by atoms with Gasteiger partial charge in [-0.15, -0.1) is 0 Å². The van der Waals surface area contributed by atoms with E-state index in [1.54, 1.807) is 11.7 Å². The summed E-state index contributed by atoms with van der Waals surface area (Å²) >= 11 is 6.26. The van der Waals surface area contributed by atoms with Gasteiger partial charge in [0.1, 0.15) is 11.4 Å². The number of ether oxygens (including phenoxy) is 1. The molecule has 0 bridgehead atoms. The quantitative estimate of drug-likeness (QED) is 0.582. The van der Waals surface area contributed by atoms with Crippen molar-refractivity contribution in [1.29, 1.82) is 0 Å². The Morgan fingerprint density at radius 2 is 1.80 bits per heavy atom. The molecule has 0 fully saturated rings. The molecular weight excluding hydrogens is 274 g/mol. The molecule has 1 aromatic heterocycles. The van der Waals surface area contributed by atoms with Gasteiger partial charge in [0.2, 0.25) is 5.82 Å². The van der Waals surface area contributed by atoms with Crippen LogP contribution in [0.3, 0.4) is 0 Å². The first-order chi connectivity index (χ1) is 9.70. The Balaban J connectivity index is 2.24. The standard InChI is InChI=1S/C15H12ClN3O/c1-20-11-8-6-10(7-9-11)19-14(17)12-4-2-3-5-13(12)18-15(19)16/h2-9,17H,1H3/p+1. The average molecular weight is 287 g/mol. The molecule has 0 amide bonds. The van der Waals surface area contributed by atoms with Gasteiger partial charge in [-0.05, 0) is 48.0 Å². The molecule has 3 aromatic rings. The Kier molecular flexibility index (Phi) is 3.16. The zero-order chi connectivity index (χ0) is 14.1. The Bertz CT molecular complexity index is 772. The van der Waals surface area contributed by atoms with E-state index in [0.717, 1.165) is 22.3 Å². The van der Waals surface area contributed by atoms with Crippen molar-refractivity contribution in [2.75, 3.05) is 12.8 Å². The predicted octanol–water partition coefficient (Wildman–Crippen LogP) is 2.76. The zero-order valence-electron chi connectivity index (χ0n) is 10.9. The molecule has 100 valence electrons. The van der Waals surface area contributed by atoms with E-state index in [9.17, 15) is 0 Å². The summed E-state index contributed by atoms with van der Waals surface area (Å²) in [7, 11) is 1.63. The molecule has 0 saturated heterocycles. The largest absolute Gasteiger partial charge is 0.497 e. The van der Waals surface area contributed by atoms with Crippen molar-refractivity contribution in [3.8, 4) is 11.4 Å². The molecule has 2 N–H and O–H groups in total. The van der Waals surface area contributed by atoms with Crippen molar-refractivity contribution in [2.45, 2.75) is 0 Å². The number of hydrogen-bond acceptors (Lipinski definition) is 3. The predicted molar refractivity (Wildman–Crippen MR) is 79.2 cm³/mol. The molecule has 0 aliphatic rings. The first-order valence-corrected chi connectivity index (χ1v) is 6.48. The van der Waals surface area contributed by atoms with Crippen LogP contribution in [0.1, 0.15) is 0 Å². The number of anilines is 1. The van der Waals surface area contributed by atoms with Gasteiger partial charge in [-0.25, -0.2) is 0 Å². The van der Waals surface area contributed by atoms with E-state index >= 15 is 0 Å². The monoisotopic (exact) mass is 286 g/mol. The van der Waals surface area contributed by atoms with E-state index < -0.39 is 0 Å². The maximum Gasteiger partial charge on any atom is 0.340 e. The second kappa shape index (κ2) is 4.98. The number of nitrogens with zero attached hydrogens (tertiary/aromatic N) is 2. The molecule has 0 atom stereocenters. The van der Waals surface area contributed by atoms with Gasteiger partial charge in [0.05, 0.1) is 12.5 Å². The summed E-state index contributed by atoms with van der Waals surface area (Å²) in [4.78, 5) is 4.37. The summed E-state index contributed by atoms with van der Waals surface area (Å²) < 4.78 is 6.86. The molecule has 2 aromatic carbocycles. The second-order valence-corrected chi connectivity index (χ2v) is 4.65. The highest BCUT2D eigenvalue weighted by Crippen LogP contribution is 2.21. The van der Waals surface area contributed by atoms with Gasteiger partial charge in [0.15, 0.2) is 5.52 Å². The fourth-order valence-electron chi connectivity index (χ4n) is 2.13. The molecule has 5 heteroatoms. The lowest BCUT2D eigenvalue weighted by Gasteiger charge is -2.08. The van der Waals surface area contributed by atoms with Crippen molar-refractivity contribution in [3.63, 3.8) is 0 Å². The van der Waals surface area contributed by atoms with Crippen LogP contribution in [0.25, 0.3) is 16.6 Å². The normalized spacial score (nSPS) is 10.7. The lowest BCUT2D eigenvalue weighted by Crippen LogP contribution is -2.37. The van der Waals surface area contributed by atoms with Crippen molar-refractivity contribution in [2.24, 2.45) is 0 Å². The van der Waals surface area contributed by atoms with Crippen LogP contribution >= 0.6 is 11.6 Å². The summed E-state index contributed by atoms with van der Waals surface area (Å²) in [6.07, 6.45) is 0. The number of rotatable bonds is 2. The number of halogens is 1. The fraction of sp³-hybridized carbons (Fsp3) is 0.0667. The number of fused-ring (bicyclic) bond motifs is 1. The van der Waals surface area contributed by atoms with Crippen molar-refractivity contribution < 1.29 is 9.30 Å². The maximum absolute atomic E-state index is 6.26. The van der Waals surface area contributed by atoms with Gasteiger partial charge < -0.3 is 10.5 Å². The molecule has 4 nitrogen and oxygen atoms in total. The SMILES string of the molecule is COc1ccc(-[n+]2c(Cl)nc3ccccc3c2N)cc1. The number of nitrogens with two attached hydrogens (primary N) is 1. The van der Waals surface area contributed by atoms with E-state index in [0.29, 0.717) is 11.1 Å².